The molecule has 0 atom stereocenters. The molecule has 1 aromatic carbocycles. The zero-order valence-corrected chi connectivity index (χ0v) is 17.7. The Morgan fingerprint density at radius 3 is 2.21 bits per heavy atom. The van der Waals surface area contributed by atoms with Crippen molar-refractivity contribution in [1.82, 2.24) is 16.0 Å². The van der Waals surface area contributed by atoms with Gasteiger partial charge in [-0.2, -0.15) is 0 Å². The summed E-state index contributed by atoms with van der Waals surface area (Å²) in [4.78, 5) is 15.7. The van der Waals surface area contributed by atoms with Gasteiger partial charge in [0.15, 0.2) is 5.96 Å². The molecule has 0 radical (unpaired) electrons. The molecule has 24 heavy (non-hydrogen) atoms. The van der Waals surface area contributed by atoms with Gasteiger partial charge in [-0.3, -0.25) is 9.79 Å². The Labute approximate surface area is 163 Å². The van der Waals surface area contributed by atoms with Crippen molar-refractivity contribution in [2.75, 3.05) is 20.1 Å². The van der Waals surface area contributed by atoms with Crippen LogP contribution in [0.1, 0.15) is 37.0 Å². The molecule has 1 amide bonds. The van der Waals surface area contributed by atoms with Gasteiger partial charge in [-0.25, -0.2) is 0 Å². The minimum absolute atomic E-state index is 0. The van der Waals surface area contributed by atoms with Crippen molar-refractivity contribution >= 4 is 35.8 Å². The average molecular weight is 446 g/mol. The van der Waals surface area contributed by atoms with Crippen LogP contribution in [-0.4, -0.2) is 38.0 Å². The van der Waals surface area contributed by atoms with Crippen molar-refractivity contribution in [3.63, 3.8) is 0 Å². The Hall–Kier alpha value is -1.31. The highest BCUT2D eigenvalue weighted by Crippen LogP contribution is 2.08. The first-order valence-corrected chi connectivity index (χ1v) is 8.21. The maximum absolute atomic E-state index is 11.6. The summed E-state index contributed by atoms with van der Waals surface area (Å²) < 4.78 is 0. The molecule has 1 rings (SSSR count). The van der Waals surface area contributed by atoms with Crippen molar-refractivity contribution in [1.29, 1.82) is 0 Å². The fourth-order valence-electron chi connectivity index (χ4n) is 2.45. The Morgan fingerprint density at radius 2 is 1.67 bits per heavy atom. The summed E-state index contributed by atoms with van der Waals surface area (Å²) in [5, 5.41) is 9.31. The Bertz CT molecular complexity index is 524. The zero-order chi connectivity index (χ0) is 17.2. The molecule has 0 saturated heterocycles. The number of hydrogen-bond acceptors (Lipinski definition) is 2. The largest absolute Gasteiger partial charge is 0.356 e. The highest BCUT2D eigenvalue weighted by Gasteiger charge is 2.04. The van der Waals surface area contributed by atoms with Crippen LogP contribution in [-0.2, 0) is 11.2 Å². The van der Waals surface area contributed by atoms with Gasteiger partial charge in [0, 0.05) is 32.6 Å². The summed E-state index contributed by atoms with van der Waals surface area (Å²) in [7, 11) is 1.74. The molecule has 0 aromatic heterocycles. The first kappa shape index (κ1) is 22.7. The smallest absolute Gasteiger partial charge is 0.221 e. The summed E-state index contributed by atoms with van der Waals surface area (Å²) in [5.74, 6) is 0.782. The topological polar surface area (TPSA) is 65.5 Å². The molecule has 0 unspecified atom stereocenters. The third-order valence-corrected chi connectivity index (χ3v) is 3.31. The fourth-order valence-corrected chi connectivity index (χ4v) is 2.45. The molecule has 1 aromatic rings. The number of benzene rings is 1. The normalized spacial score (nSPS) is 11.0. The van der Waals surface area contributed by atoms with Crippen LogP contribution in [0.5, 0.6) is 0 Å². The molecule has 0 heterocycles. The number of guanidine groups is 1. The van der Waals surface area contributed by atoms with E-state index in [1.807, 2.05) is 13.8 Å². The summed E-state index contributed by atoms with van der Waals surface area (Å²) in [6.07, 6.45) is 1.38. The van der Waals surface area contributed by atoms with E-state index in [9.17, 15) is 4.79 Å². The molecule has 0 saturated carbocycles. The van der Waals surface area contributed by atoms with E-state index in [4.69, 9.17) is 0 Å². The summed E-state index contributed by atoms with van der Waals surface area (Å²) in [5.41, 5.74) is 3.90. The van der Waals surface area contributed by atoms with Crippen LogP contribution < -0.4 is 16.0 Å². The Balaban J connectivity index is 0.00000529. The van der Waals surface area contributed by atoms with Crippen LogP contribution in [0.4, 0.5) is 0 Å². The maximum Gasteiger partial charge on any atom is 0.221 e. The van der Waals surface area contributed by atoms with Crippen LogP contribution in [0.25, 0.3) is 0 Å². The van der Waals surface area contributed by atoms with Gasteiger partial charge in [0.1, 0.15) is 0 Å². The fraction of sp³-hybridized carbons (Fsp3) is 0.556. The standard InChI is InChI=1S/C18H30N4O.HI/c1-13(2)22-17(23)7-9-21-18(19-5)20-8-6-16-11-14(3)10-15(4)12-16;/h10-13H,6-9H2,1-5H3,(H,22,23)(H2,19,20,21);1H. The van der Waals surface area contributed by atoms with Gasteiger partial charge in [-0.1, -0.05) is 29.3 Å². The van der Waals surface area contributed by atoms with Crippen LogP contribution in [0.3, 0.4) is 0 Å². The average Bonchev–Trinajstić information content (AvgIpc) is 2.43. The first-order valence-electron chi connectivity index (χ1n) is 8.21. The van der Waals surface area contributed by atoms with E-state index in [2.05, 4.69) is 53.0 Å². The molecule has 0 aliphatic carbocycles. The first-order chi connectivity index (χ1) is 10.9. The quantitative estimate of drug-likeness (QED) is 0.343. The highest BCUT2D eigenvalue weighted by molar-refractivity contribution is 14.0. The Kier molecular flexibility index (Phi) is 11.4. The lowest BCUT2D eigenvalue weighted by molar-refractivity contribution is -0.121. The number of nitrogens with one attached hydrogen (secondary N) is 3. The van der Waals surface area contributed by atoms with Crippen molar-refractivity contribution in [3.8, 4) is 0 Å². The van der Waals surface area contributed by atoms with Crippen molar-refractivity contribution < 1.29 is 4.79 Å². The van der Waals surface area contributed by atoms with Gasteiger partial charge in [0.05, 0.1) is 0 Å². The van der Waals surface area contributed by atoms with Crippen LogP contribution in [0.2, 0.25) is 0 Å². The molecule has 5 nitrogen and oxygen atoms in total. The minimum atomic E-state index is 0. The Morgan fingerprint density at radius 1 is 1.08 bits per heavy atom. The predicted molar refractivity (Wildman–Crippen MR) is 112 cm³/mol. The lowest BCUT2D eigenvalue weighted by atomic mass is 10.1. The number of aryl methyl sites for hydroxylation is 2. The van der Waals surface area contributed by atoms with E-state index < -0.39 is 0 Å². The second-order valence-corrected chi connectivity index (χ2v) is 6.14. The molecule has 0 bridgehead atoms. The molecule has 3 N–H and O–H groups in total. The molecule has 136 valence electrons. The van der Waals surface area contributed by atoms with Crippen LogP contribution in [0.15, 0.2) is 23.2 Å². The number of carbonyl (C=O) groups is 1. The third kappa shape index (κ3) is 9.75. The van der Waals surface area contributed by atoms with E-state index in [1.54, 1.807) is 7.05 Å². The van der Waals surface area contributed by atoms with Crippen LogP contribution >= 0.6 is 24.0 Å². The second kappa shape index (κ2) is 12.1. The summed E-state index contributed by atoms with van der Waals surface area (Å²) >= 11 is 0. The van der Waals surface area contributed by atoms with Gasteiger partial charge in [-0.05, 0) is 39.7 Å². The maximum atomic E-state index is 11.6. The van der Waals surface area contributed by atoms with Crippen molar-refractivity contribution in [3.05, 3.63) is 34.9 Å². The molecular formula is C18H31IN4O. The van der Waals surface area contributed by atoms with E-state index in [-0.39, 0.29) is 35.9 Å². The molecule has 0 aliphatic rings. The van der Waals surface area contributed by atoms with E-state index in [0.29, 0.717) is 13.0 Å². The summed E-state index contributed by atoms with van der Waals surface area (Å²) in [6.45, 7) is 9.53. The van der Waals surface area contributed by atoms with Crippen molar-refractivity contribution in [2.24, 2.45) is 4.99 Å². The highest BCUT2D eigenvalue weighted by atomic mass is 127. The molecule has 0 spiro atoms. The number of aliphatic imine (C=N–C) groups is 1. The van der Waals surface area contributed by atoms with Gasteiger partial charge in [-0.15, -0.1) is 24.0 Å². The third-order valence-electron chi connectivity index (χ3n) is 3.31. The monoisotopic (exact) mass is 446 g/mol. The minimum Gasteiger partial charge on any atom is -0.356 e. The predicted octanol–water partition coefficient (Wildman–Crippen LogP) is 2.54. The number of carbonyl (C=O) groups excluding carboxylic acids is 1. The summed E-state index contributed by atoms with van der Waals surface area (Å²) in [6, 6.07) is 6.78. The van der Waals surface area contributed by atoms with E-state index >= 15 is 0 Å². The van der Waals surface area contributed by atoms with E-state index in [0.717, 1.165) is 18.9 Å². The SMILES string of the molecule is CN=C(NCCC(=O)NC(C)C)NCCc1cc(C)cc(C)c1.I. The van der Waals surface area contributed by atoms with Gasteiger partial charge >= 0.3 is 0 Å². The number of nitrogens with zero attached hydrogens (tertiary/aromatic N) is 1. The van der Waals surface area contributed by atoms with Crippen molar-refractivity contribution in [2.45, 2.75) is 46.6 Å². The van der Waals surface area contributed by atoms with Gasteiger partial charge in [0.25, 0.3) is 0 Å². The number of rotatable bonds is 7. The van der Waals surface area contributed by atoms with Gasteiger partial charge < -0.3 is 16.0 Å². The van der Waals surface area contributed by atoms with E-state index in [1.165, 1.54) is 16.7 Å². The molecule has 0 fully saturated rings. The number of hydrogen-bond donors (Lipinski definition) is 3. The number of halogens is 1. The number of amides is 1. The van der Waals surface area contributed by atoms with Gasteiger partial charge in [0.2, 0.25) is 5.91 Å². The zero-order valence-electron chi connectivity index (χ0n) is 15.4. The lowest BCUT2D eigenvalue weighted by Gasteiger charge is -2.13. The lowest BCUT2D eigenvalue weighted by Crippen LogP contribution is -2.40. The van der Waals surface area contributed by atoms with Crippen LogP contribution in [0, 0.1) is 13.8 Å². The second-order valence-electron chi connectivity index (χ2n) is 6.14. The molecular weight excluding hydrogens is 415 g/mol. The molecule has 6 heteroatoms. The molecule has 0 aliphatic heterocycles.